The Labute approximate surface area is 106 Å². The van der Waals surface area contributed by atoms with Crippen molar-refractivity contribution in [3.63, 3.8) is 0 Å². The van der Waals surface area contributed by atoms with Gasteiger partial charge >= 0.3 is 0 Å². The van der Waals surface area contributed by atoms with Gasteiger partial charge in [0.1, 0.15) is 0 Å². The maximum atomic E-state index is 11.5. The topological polar surface area (TPSA) is 42.0 Å². The summed E-state index contributed by atoms with van der Waals surface area (Å²) in [6, 6.07) is 0. The summed E-state index contributed by atoms with van der Waals surface area (Å²) in [5.41, 5.74) is 2.03. The van der Waals surface area contributed by atoms with Crippen molar-refractivity contribution in [1.29, 1.82) is 0 Å². The Morgan fingerprint density at radius 2 is 2.24 bits per heavy atom. The highest BCUT2D eigenvalue weighted by molar-refractivity contribution is 7.15. The van der Waals surface area contributed by atoms with E-state index in [4.69, 9.17) is 0 Å². The Morgan fingerprint density at radius 3 is 2.88 bits per heavy atom. The summed E-state index contributed by atoms with van der Waals surface area (Å²) in [4.78, 5) is 17.3. The zero-order valence-electron chi connectivity index (χ0n) is 10.6. The predicted molar refractivity (Wildman–Crippen MR) is 71.4 cm³/mol. The summed E-state index contributed by atoms with van der Waals surface area (Å²) >= 11 is 1.60. The van der Waals surface area contributed by atoms with E-state index in [9.17, 15) is 4.79 Å². The smallest absolute Gasteiger partial charge is 0.252 e. The van der Waals surface area contributed by atoms with Gasteiger partial charge in [-0.05, 0) is 31.6 Å². The molecule has 0 aromatic carbocycles. The van der Waals surface area contributed by atoms with Crippen molar-refractivity contribution < 1.29 is 4.79 Å². The van der Waals surface area contributed by atoms with E-state index in [1.54, 1.807) is 18.3 Å². The number of carbonyl (C=O) groups is 1. The molecule has 0 bridgehead atoms. The number of aryl methyl sites for hydroxylation is 1. The van der Waals surface area contributed by atoms with Gasteiger partial charge in [0.05, 0.1) is 5.69 Å². The highest BCUT2D eigenvalue weighted by atomic mass is 32.1. The second-order valence-corrected chi connectivity index (χ2v) is 6.55. The van der Waals surface area contributed by atoms with Gasteiger partial charge in [-0.1, -0.05) is 20.4 Å². The van der Waals surface area contributed by atoms with Crippen LogP contribution in [0.2, 0.25) is 0 Å². The van der Waals surface area contributed by atoms with E-state index in [0.717, 1.165) is 25.0 Å². The van der Waals surface area contributed by atoms with Crippen molar-refractivity contribution in [2.24, 2.45) is 5.41 Å². The lowest BCUT2D eigenvalue weighted by Gasteiger charge is -2.28. The molecule has 0 fully saturated rings. The minimum atomic E-state index is -0.143. The average molecular weight is 250 g/mol. The third-order valence-corrected chi connectivity index (χ3v) is 4.08. The molecule has 1 amide bonds. The van der Waals surface area contributed by atoms with Crippen LogP contribution in [-0.2, 0) is 17.6 Å². The minimum absolute atomic E-state index is 0.143. The molecule has 0 unspecified atom stereocenters. The maximum Gasteiger partial charge on any atom is 0.252 e. The van der Waals surface area contributed by atoms with E-state index in [2.05, 4.69) is 30.7 Å². The second kappa shape index (κ2) is 4.26. The molecule has 0 saturated heterocycles. The monoisotopic (exact) mass is 250 g/mol. The lowest BCUT2D eigenvalue weighted by Crippen LogP contribution is -2.20. The van der Waals surface area contributed by atoms with Crippen LogP contribution in [-0.4, -0.2) is 10.9 Å². The first-order valence-corrected chi connectivity index (χ1v) is 6.64. The summed E-state index contributed by atoms with van der Waals surface area (Å²) in [5.74, 6) is -0.143. The zero-order valence-corrected chi connectivity index (χ0v) is 11.4. The SMILES string of the molecule is C=C(C)C(=O)Nc1nc2c(s1)CC(C)(C)CC2. The number of amides is 1. The predicted octanol–water partition coefficient (Wildman–Crippen LogP) is 3.17. The molecular formula is C13H18N2OS. The number of anilines is 1. The van der Waals surface area contributed by atoms with E-state index in [1.165, 1.54) is 4.88 Å². The Bertz CT molecular complexity index is 474. The molecule has 17 heavy (non-hydrogen) atoms. The number of fused-ring (bicyclic) bond motifs is 1. The number of hydrogen-bond donors (Lipinski definition) is 1. The largest absolute Gasteiger partial charge is 0.298 e. The number of nitrogens with one attached hydrogen (secondary N) is 1. The standard InChI is InChI=1S/C13H18N2OS/c1-8(2)11(16)15-12-14-9-5-6-13(3,4)7-10(9)17-12/h1,5-7H2,2-4H3,(H,14,15,16). The van der Waals surface area contributed by atoms with Gasteiger partial charge in [0.15, 0.2) is 5.13 Å². The van der Waals surface area contributed by atoms with Crippen LogP contribution in [0.5, 0.6) is 0 Å². The lowest BCUT2D eigenvalue weighted by molar-refractivity contribution is -0.112. The van der Waals surface area contributed by atoms with E-state index in [-0.39, 0.29) is 5.91 Å². The fraction of sp³-hybridized carbons (Fsp3) is 0.538. The van der Waals surface area contributed by atoms with Gasteiger partial charge in [-0.25, -0.2) is 4.98 Å². The van der Waals surface area contributed by atoms with Crippen molar-refractivity contribution >= 4 is 22.4 Å². The Morgan fingerprint density at radius 1 is 1.53 bits per heavy atom. The number of aromatic nitrogens is 1. The molecule has 92 valence electrons. The van der Waals surface area contributed by atoms with E-state index in [0.29, 0.717) is 16.1 Å². The molecule has 0 radical (unpaired) electrons. The lowest BCUT2D eigenvalue weighted by atomic mass is 9.79. The number of thiazole rings is 1. The maximum absolute atomic E-state index is 11.5. The van der Waals surface area contributed by atoms with E-state index < -0.39 is 0 Å². The molecule has 4 heteroatoms. The van der Waals surface area contributed by atoms with Crippen molar-refractivity contribution in [1.82, 2.24) is 4.98 Å². The van der Waals surface area contributed by atoms with Crippen LogP contribution in [0.1, 0.15) is 37.8 Å². The first-order valence-electron chi connectivity index (χ1n) is 5.83. The first-order chi connectivity index (χ1) is 7.87. The molecule has 1 heterocycles. The summed E-state index contributed by atoms with van der Waals surface area (Å²) in [6.07, 6.45) is 3.24. The molecule has 0 atom stereocenters. The fourth-order valence-electron chi connectivity index (χ4n) is 1.95. The minimum Gasteiger partial charge on any atom is -0.298 e. The Kier molecular flexibility index (Phi) is 3.08. The Hall–Kier alpha value is -1.16. The molecule has 0 saturated carbocycles. The summed E-state index contributed by atoms with van der Waals surface area (Å²) < 4.78 is 0. The molecule has 1 N–H and O–H groups in total. The third kappa shape index (κ3) is 2.75. The average Bonchev–Trinajstić information content (AvgIpc) is 2.57. The van der Waals surface area contributed by atoms with E-state index in [1.807, 2.05) is 0 Å². The highest BCUT2D eigenvalue weighted by Gasteiger charge is 2.28. The summed E-state index contributed by atoms with van der Waals surface area (Å²) in [6.45, 7) is 9.88. The summed E-state index contributed by atoms with van der Waals surface area (Å²) in [7, 11) is 0. The number of hydrogen-bond acceptors (Lipinski definition) is 3. The van der Waals surface area contributed by atoms with E-state index >= 15 is 0 Å². The molecule has 0 spiro atoms. The highest BCUT2D eigenvalue weighted by Crippen LogP contribution is 2.38. The Balaban J connectivity index is 2.16. The molecule has 2 rings (SSSR count). The van der Waals surface area contributed by atoms with Gasteiger partial charge in [-0.15, -0.1) is 11.3 Å². The summed E-state index contributed by atoms with van der Waals surface area (Å²) in [5, 5.41) is 3.50. The first kappa shape index (κ1) is 12.3. The molecule has 3 nitrogen and oxygen atoms in total. The second-order valence-electron chi connectivity index (χ2n) is 5.46. The fourth-order valence-corrected chi connectivity index (χ4v) is 3.22. The molecular weight excluding hydrogens is 232 g/mol. The molecule has 1 aromatic heterocycles. The zero-order chi connectivity index (χ0) is 12.6. The van der Waals surface area contributed by atoms with Gasteiger partial charge in [0.25, 0.3) is 5.91 Å². The van der Waals surface area contributed by atoms with Crippen LogP contribution in [0, 0.1) is 5.41 Å². The van der Waals surface area contributed by atoms with Crippen LogP contribution in [0.3, 0.4) is 0 Å². The number of rotatable bonds is 2. The van der Waals surface area contributed by atoms with Crippen molar-refractivity contribution in [3.05, 3.63) is 22.7 Å². The molecule has 0 aliphatic heterocycles. The van der Waals surface area contributed by atoms with Gasteiger partial charge in [-0.3, -0.25) is 10.1 Å². The van der Waals surface area contributed by atoms with Crippen LogP contribution in [0.25, 0.3) is 0 Å². The van der Waals surface area contributed by atoms with Crippen molar-refractivity contribution in [3.8, 4) is 0 Å². The molecule has 1 aromatic rings. The number of nitrogens with zero attached hydrogens (tertiary/aromatic N) is 1. The van der Waals surface area contributed by atoms with Crippen molar-refractivity contribution in [2.45, 2.75) is 40.0 Å². The quantitative estimate of drug-likeness (QED) is 0.819. The van der Waals surface area contributed by atoms with Crippen LogP contribution in [0.15, 0.2) is 12.2 Å². The van der Waals surface area contributed by atoms with Crippen LogP contribution >= 0.6 is 11.3 Å². The van der Waals surface area contributed by atoms with Gasteiger partial charge in [0.2, 0.25) is 0 Å². The number of carbonyl (C=O) groups excluding carboxylic acids is 1. The molecule has 1 aliphatic carbocycles. The van der Waals surface area contributed by atoms with Gasteiger partial charge in [-0.2, -0.15) is 0 Å². The van der Waals surface area contributed by atoms with Crippen LogP contribution < -0.4 is 5.32 Å². The third-order valence-electron chi connectivity index (χ3n) is 3.06. The van der Waals surface area contributed by atoms with Gasteiger partial charge in [0, 0.05) is 10.5 Å². The molecule has 1 aliphatic rings. The van der Waals surface area contributed by atoms with Gasteiger partial charge < -0.3 is 0 Å². The normalized spacial score (nSPS) is 17.4. The van der Waals surface area contributed by atoms with Crippen LogP contribution in [0.4, 0.5) is 5.13 Å². The van der Waals surface area contributed by atoms with Crippen molar-refractivity contribution in [2.75, 3.05) is 5.32 Å².